The zero-order valence-corrected chi connectivity index (χ0v) is 11.8. The number of nitrogens with zero attached hydrogens (tertiary/aromatic N) is 2. The summed E-state index contributed by atoms with van der Waals surface area (Å²) in [6, 6.07) is 2.02. The lowest BCUT2D eigenvalue weighted by atomic mass is 10.3. The van der Waals surface area contributed by atoms with Gasteiger partial charge in [0.05, 0.1) is 12.0 Å². The number of nitrogens with two attached hydrogens (primary N) is 1. The second-order valence-electron chi connectivity index (χ2n) is 4.11. The molecule has 20 heavy (non-hydrogen) atoms. The van der Waals surface area contributed by atoms with Crippen molar-refractivity contribution in [2.45, 2.75) is 19.8 Å². The highest BCUT2D eigenvalue weighted by molar-refractivity contribution is 7.18. The monoisotopic (exact) mass is 302 g/mol. The van der Waals surface area contributed by atoms with E-state index in [4.69, 9.17) is 10.5 Å². The molecule has 0 amide bonds. The van der Waals surface area contributed by atoms with E-state index in [2.05, 4.69) is 22.2 Å². The average Bonchev–Trinajstić information content (AvgIpc) is 2.80. The first-order valence-electron chi connectivity index (χ1n) is 6.25. The molecule has 0 saturated heterocycles. The van der Waals surface area contributed by atoms with E-state index in [-0.39, 0.29) is 12.6 Å². The Bertz CT molecular complexity index is 576. The van der Waals surface area contributed by atoms with Gasteiger partial charge in [-0.3, -0.25) is 0 Å². The van der Waals surface area contributed by atoms with E-state index in [0.717, 1.165) is 16.6 Å². The number of ether oxygens (including phenoxy) is 1. The van der Waals surface area contributed by atoms with Crippen molar-refractivity contribution in [3.63, 3.8) is 0 Å². The first-order valence-corrected chi connectivity index (χ1v) is 7.07. The highest BCUT2D eigenvalue weighted by atomic mass is 32.1. The molecule has 110 valence electrons. The molecule has 2 rings (SSSR count). The lowest BCUT2D eigenvalue weighted by molar-refractivity contribution is 0.0215. The third-order valence-electron chi connectivity index (χ3n) is 2.59. The van der Waals surface area contributed by atoms with E-state index in [1.54, 1.807) is 11.3 Å². The molecule has 0 unspecified atom stereocenters. The van der Waals surface area contributed by atoms with E-state index in [1.165, 1.54) is 4.88 Å². The van der Waals surface area contributed by atoms with E-state index in [1.807, 2.05) is 6.07 Å². The molecule has 0 aromatic carbocycles. The maximum Gasteiger partial charge on any atom is 0.261 e. The number of rotatable bonds is 7. The lowest BCUT2D eigenvalue weighted by Crippen LogP contribution is -2.14. The summed E-state index contributed by atoms with van der Waals surface area (Å²) in [5.74, 6) is 0.807. The molecule has 8 heteroatoms. The largest absolute Gasteiger partial charge is 0.374 e. The van der Waals surface area contributed by atoms with Crippen LogP contribution in [0.1, 0.15) is 11.8 Å². The maximum atomic E-state index is 11.9. The lowest BCUT2D eigenvalue weighted by Gasteiger charge is -2.07. The fraction of sp³-hybridized carbons (Fsp3) is 0.500. The number of fused-ring (bicyclic) bond motifs is 1. The predicted octanol–water partition coefficient (Wildman–Crippen LogP) is 2.53. The highest BCUT2D eigenvalue weighted by Crippen LogP contribution is 2.29. The maximum absolute atomic E-state index is 11.9. The minimum atomic E-state index is -2.44. The number of halogens is 2. The average molecular weight is 302 g/mol. The number of anilines is 2. The molecular formula is C12H16F2N4OS. The van der Waals surface area contributed by atoms with Crippen LogP contribution in [0.2, 0.25) is 0 Å². The molecule has 0 aliphatic rings. The van der Waals surface area contributed by atoms with Gasteiger partial charge < -0.3 is 15.8 Å². The van der Waals surface area contributed by atoms with Crippen molar-refractivity contribution < 1.29 is 13.5 Å². The molecule has 0 bridgehead atoms. The van der Waals surface area contributed by atoms with Gasteiger partial charge >= 0.3 is 0 Å². The second kappa shape index (κ2) is 6.76. The molecule has 0 fully saturated rings. The molecular weight excluding hydrogens is 286 g/mol. The Morgan fingerprint density at radius 3 is 2.95 bits per heavy atom. The predicted molar refractivity (Wildman–Crippen MR) is 76.5 cm³/mol. The summed E-state index contributed by atoms with van der Waals surface area (Å²) in [4.78, 5) is 10.3. The smallest absolute Gasteiger partial charge is 0.261 e. The number of alkyl halides is 2. The van der Waals surface area contributed by atoms with Crippen molar-refractivity contribution in [1.82, 2.24) is 9.97 Å². The van der Waals surface area contributed by atoms with Crippen molar-refractivity contribution in [2.75, 3.05) is 30.8 Å². The molecule has 2 heterocycles. The summed E-state index contributed by atoms with van der Waals surface area (Å²) in [6.07, 6.45) is -1.53. The van der Waals surface area contributed by atoms with E-state index < -0.39 is 13.0 Å². The summed E-state index contributed by atoms with van der Waals surface area (Å²) < 4.78 is 28.6. The van der Waals surface area contributed by atoms with Gasteiger partial charge in [-0.25, -0.2) is 13.8 Å². The standard InChI is InChI=1S/C12H16F2N4OS/c1-2-7-5-8-10(16-3-4-19-6-9(13)14)17-12(15)18-11(8)20-7/h5,9H,2-4,6H2,1H3,(H3,15,16,17,18). The zero-order valence-electron chi connectivity index (χ0n) is 11.0. The van der Waals surface area contributed by atoms with Crippen LogP contribution in [0.4, 0.5) is 20.5 Å². The normalized spacial score (nSPS) is 11.4. The van der Waals surface area contributed by atoms with Gasteiger partial charge in [-0.2, -0.15) is 4.98 Å². The zero-order chi connectivity index (χ0) is 14.5. The van der Waals surface area contributed by atoms with E-state index >= 15 is 0 Å². The SMILES string of the molecule is CCc1cc2c(NCCOCC(F)F)nc(N)nc2s1. The molecule has 0 spiro atoms. The van der Waals surface area contributed by atoms with Crippen LogP contribution in [0, 0.1) is 0 Å². The number of hydrogen-bond acceptors (Lipinski definition) is 6. The van der Waals surface area contributed by atoms with Crippen molar-refractivity contribution in [3.05, 3.63) is 10.9 Å². The molecule has 2 aromatic heterocycles. The van der Waals surface area contributed by atoms with Crippen LogP contribution in [0.25, 0.3) is 10.2 Å². The summed E-state index contributed by atoms with van der Waals surface area (Å²) in [7, 11) is 0. The Kier molecular flexibility index (Phi) is 5.02. The van der Waals surface area contributed by atoms with Gasteiger partial charge in [-0.1, -0.05) is 6.92 Å². The van der Waals surface area contributed by atoms with Crippen LogP contribution in [-0.4, -0.2) is 36.2 Å². The minimum absolute atomic E-state index is 0.181. The Balaban J connectivity index is 2.03. The summed E-state index contributed by atoms with van der Waals surface area (Å²) in [5.41, 5.74) is 5.66. The molecule has 0 radical (unpaired) electrons. The molecule has 5 nitrogen and oxygen atoms in total. The number of thiophene rings is 1. The van der Waals surface area contributed by atoms with Gasteiger partial charge in [0.1, 0.15) is 17.3 Å². The van der Waals surface area contributed by atoms with Crippen LogP contribution in [0.3, 0.4) is 0 Å². The quantitative estimate of drug-likeness (QED) is 0.769. The summed E-state index contributed by atoms with van der Waals surface area (Å²) in [6.45, 7) is 2.07. The van der Waals surface area contributed by atoms with Gasteiger partial charge in [0.2, 0.25) is 5.95 Å². The third kappa shape index (κ3) is 3.73. The van der Waals surface area contributed by atoms with Crippen LogP contribution in [0.5, 0.6) is 0 Å². The van der Waals surface area contributed by atoms with E-state index in [0.29, 0.717) is 12.4 Å². The van der Waals surface area contributed by atoms with Crippen LogP contribution in [0.15, 0.2) is 6.07 Å². The van der Waals surface area contributed by atoms with Gasteiger partial charge in [0.15, 0.2) is 0 Å². The van der Waals surface area contributed by atoms with Crippen molar-refractivity contribution in [1.29, 1.82) is 0 Å². The van der Waals surface area contributed by atoms with E-state index in [9.17, 15) is 8.78 Å². The van der Waals surface area contributed by atoms with Crippen LogP contribution in [-0.2, 0) is 11.2 Å². The molecule has 0 saturated carbocycles. The summed E-state index contributed by atoms with van der Waals surface area (Å²) in [5, 5.41) is 3.94. The Morgan fingerprint density at radius 2 is 2.25 bits per heavy atom. The number of nitrogen functional groups attached to an aromatic ring is 1. The summed E-state index contributed by atoms with van der Waals surface area (Å²) >= 11 is 1.57. The van der Waals surface area contributed by atoms with Crippen LogP contribution < -0.4 is 11.1 Å². The Labute approximate surface area is 119 Å². The van der Waals surface area contributed by atoms with Gasteiger partial charge in [-0.15, -0.1) is 11.3 Å². The topological polar surface area (TPSA) is 73.1 Å². The Hall–Kier alpha value is -1.54. The van der Waals surface area contributed by atoms with Crippen molar-refractivity contribution >= 4 is 33.3 Å². The number of aryl methyl sites for hydroxylation is 1. The number of hydrogen-bond donors (Lipinski definition) is 2. The molecule has 0 atom stereocenters. The van der Waals surface area contributed by atoms with Crippen molar-refractivity contribution in [2.24, 2.45) is 0 Å². The van der Waals surface area contributed by atoms with Gasteiger partial charge in [0, 0.05) is 11.4 Å². The number of aromatic nitrogens is 2. The fourth-order valence-electron chi connectivity index (χ4n) is 1.71. The Morgan fingerprint density at radius 1 is 1.45 bits per heavy atom. The minimum Gasteiger partial charge on any atom is -0.374 e. The first kappa shape index (κ1) is 14.9. The van der Waals surface area contributed by atoms with Crippen molar-refractivity contribution in [3.8, 4) is 0 Å². The van der Waals surface area contributed by atoms with Crippen LogP contribution >= 0.6 is 11.3 Å². The molecule has 0 aliphatic carbocycles. The fourth-order valence-corrected chi connectivity index (χ4v) is 2.69. The third-order valence-corrected chi connectivity index (χ3v) is 3.77. The van der Waals surface area contributed by atoms with Gasteiger partial charge in [0.25, 0.3) is 6.43 Å². The van der Waals surface area contributed by atoms with Gasteiger partial charge in [-0.05, 0) is 12.5 Å². The highest BCUT2D eigenvalue weighted by Gasteiger charge is 2.10. The molecule has 0 aliphatic heterocycles. The molecule has 2 aromatic rings. The number of nitrogens with one attached hydrogen (secondary N) is 1. The second-order valence-corrected chi connectivity index (χ2v) is 5.22. The first-order chi connectivity index (χ1) is 9.60. The molecule has 3 N–H and O–H groups in total.